The zero-order valence-corrected chi connectivity index (χ0v) is 21.3. The molecule has 0 aliphatic carbocycles. The quantitative estimate of drug-likeness (QED) is 0.490. The van der Waals surface area contributed by atoms with Gasteiger partial charge in [-0.3, -0.25) is 24.4 Å². The molecule has 0 bridgehead atoms. The molecule has 2 saturated heterocycles. The third-order valence-electron chi connectivity index (χ3n) is 7.26. The van der Waals surface area contributed by atoms with Crippen molar-refractivity contribution >= 4 is 51.8 Å². The Morgan fingerprint density at radius 1 is 1.19 bits per heavy atom. The van der Waals surface area contributed by atoms with Crippen LogP contribution >= 0.6 is 23.2 Å². The first-order valence-corrected chi connectivity index (χ1v) is 12.6. The van der Waals surface area contributed by atoms with Crippen molar-refractivity contribution in [2.45, 2.75) is 43.6 Å². The van der Waals surface area contributed by atoms with Gasteiger partial charge in [-0.25, -0.2) is 0 Å². The second-order valence-corrected chi connectivity index (χ2v) is 10.2. The molecular formula is C26H26Cl2N4O4. The number of aromatic nitrogens is 2. The molecule has 2 fully saturated rings. The number of halogens is 2. The summed E-state index contributed by atoms with van der Waals surface area (Å²) in [7, 11) is 1.88. The lowest BCUT2D eigenvalue weighted by Gasteiger charge is -2.36. The molecule has 3 aromatic rings. The summed E-state index contributed by atoms with van der Waals surface area (Å²) in [4.78, 5) is 37.5. The first-order valence-electron chi connectivity index (χ1n) is 11.9. The van der Waals surface area contributed by atoms with E-state index in [4.69, 9.17) is 27.9 Å². The average molecular weight is 529 g/mol. The van der Waals surface area contributed by atoms with Crippen molar-refractivity contribution in [3.63, 3.8) is 0 Å². The number of ether oxygens (including phenoxy) is 1. The average Bonchev–Trinajstić information content (AvgIpc) is 3.24. The maximum absolute atomic E-state index is 13.7. The molecule has 2 aromatic carbocycles. The van der Waals surface area contributed by atoms with Gasteiger partial charge in [-0.05, 0) is 48.6 Å². The fraction of sp³-hybridized carbons (Fsp3) is 0.385. The molecular weight excluding hydrogens is 503 g/mol. The Kier molecular flexibility index (Phi) is 6.76. The molecule has 188 valence electrons. The minimum atomic E-state index is -0.725. The van der Waals surface area contributed by atoms with Crippen LogP contribution in [0.2, 0.25) is 10.0 Å². The van der Waals surface area contributed by atoms with Crippen LogP contribution in [0.1, 0.15) is 48.3 Å². The molecule has 1 atom stereocenters. The molecule has 1 unspecified atom stereocenters. The molecule has 0 radical (unpaired) electrons. The van der Waals surface area contributed by atoms with Gasteiger partial charge in [-0.1, -0.05) is 35.3 Å². The third kappa shape index (κ3) is 4.49. The zero-order chi connectivity index (χ0) is 25.4. The number of fused-ring (bicyclic) bond motifs is 1. The molecule has 10 heteroatoms. The van der Waals surface area contributed by atoms with Crippen LogP contribution in [0.3, 0.4) is 0 Å². The summed E-state index contributed by atoms with van der Waals surface area (Å²) < 4.78 is 7.39. The molecule has 2 aliphatic heterocycles. The molecule has 1 aromatic heterocycles. The lowest BCUT2D eigenvalue weighted by Crippen LogP contribution is -2.47. The second-order valence-electron chi connectivity index (χ2n) is 9.40. The first kappa shape index (κ1) is 24.7. The van der Waals surface area contributed by atoms with Crippen molar-refractivity contribution in [3.8, 4) is 0 Å². The lowest BCUT2D eigenvalue weighted by molar-refractivity contribution is -0.134. The van der Waals surface area contributed by atoms with Crippen LogP contribution in [-0.4, -0.2) is 40.7 Å². The third-order valence-corrected chi connectivity index (χ3v) is 7.89. The fourth-order valence-electron chi connectivity index (χ4n) is 5.20. The van der Waals surface area contributed by atoms with Gasteiger partial charge in [-0.2, -0.15) is 5.10 Å². The van der Waals surface area contributed by atoms with Crippen LogP contribution in [0.25, 0.3) is 10.9 Å². The number of piperidine rings is 1. The van der Waals surface area contributed by atoms with E-state index in [1.807, 2.05) is 31.4 Å². The summed E-state index contributed by atoms with van der Waals surface area (Å²) in [6.07, 6.45) is 3.53. The summed E-state index contributed by atoms with van der Waals surface area (Å²) in [5.74, 6) is -1.37. The van der Waals surface area contributed by atoms with E-state index in [-0.39, 0.29) is 24.8 Å². The summed E-state index contributed by atoms with van der Waals surface area (Å²) in [5.41, 5.74) is 2.40. The summed E-state index contributed by atoms with van der Waals surface area (Å²) in [5, 5.41) is 11.4. The van der Waals surface area contributed by atoms with Crippen LogP contribution in [0.4, 0.5) is 0 Å². The Labute approximate surface area is 218 Å². The van der Waals surface area contributed by atoms with Gasteiger partial charge in [-0.15, -0.1) is 0 Å². The van der Waals surface area contributed by atoms with E-state index in [9.17, 15) is 14.4 Å². The van der Waals surface area contributed by atoms with E-state index in [0.717, 1.165) is 22.0 Å². The van der Waals surface area contributed by atoms with Gasteiger partial charge in [0.1, 0.15) is 0 Å². The van der Waals surface area contributed by atoms with Gasteiger partial charge in [0.05, 0.1) is 23.0 Å². The Hall–Kier alpha value is -2.94. The maximum atomic E-state index is 13.7. The van der Waals surface area contributed by atoms with E-state index < -0.39 is 17.2 Å². The molecule has 0 saturated carbocycles. The topological polar surface area (TPSA) is 102 Å². The molecule has 36 heavy (non-hydrogen) atoms. The molecule has 3 heterocycles. The highest BCUT2D eigenvalue weighted by Gasteiger charge is 2.42. The number of carbonyl (C=O) groups excluding carboxylic acids is 3. The SMILES string of the molecule is Cn1ncc2ccc(C3(C(=O)NCc4cc(Cl)c(C5CCC(=O)NC5=O)c(Cl)c4)CCOCC3)cc21. The Balaban J connectivity index is 1.37. The first-order chi connectivity index (χ1) is 17.3. The Morgan fingerprint density at radius 2 is 1.92 bits per heavy atom. The van der Waals surface area contributed by atoms with Gasteiger partial charge >= 0.3 is 0 Å². The number of amides is 3. The van der Waals surface area contributed by atoms with Gasteiger partial charge in [0.25, 0.3) is 0 Å². The van der Waals surface area contributed by atoms with Crippen LogP contribution in [-0.2, 0) is 38.1 Å². The van der Waals surface area contributed by atoms with E-state index in [0.29, 0.717) is 48.1 Å². The van der Waals surface area contributed by atoms with E-state index in [1.54, 1.807) is 16.8 Å². The minimum absolute atomic E-state index is 0.0891. The molecule has 2 N–H and O–H groups in total. The number of carbonyl (C=O) groups is 3. The van der Waals surface area contributed by atoms with Crippen LogP contribution in [0, 0.1) is 0 Å². The molecule has 8 nitrogen and oxygen atoms in total. The number of benzene rings is 2. The van der Waals surface area contributed by atoms with E-state index >= 15 is 0 Å². The van der Waals surface area contributed by atoms with Gasteiger partial charge in [0, 0.05) is 54.2 Å². The molecule has 5 rings (SSSR count). The number of hydrogen-bond donors (Lipinski definition) is 2. The zero-order valence-electron chi connectivity index (χ0n) is 19.8. The number of imide groups is 1. The van der Waals surface area contributed by atoms with Crippen LogP contribution in [0.5, 0.6) is 0 Å². The van der Waals surface area contributed by atoms with Gasteiger partial charge in [0.15, 0.2) is 0 Å². The predicted molar refractivity (Wildman–Crippen MR) is 136 cm³/mol. The second kappa shape index (κ2) is 9.84. The van der Waals surface area contributed by atoms with Crippen LogP contribution < -0.4 is 10.6 Å². The molecule has 2 aliphatic rings. The van der Waals surface area contributed by atoms with Gasteiger partial charge < -0.3 is 10.1 Å². The van der Waals surface area contributed by atoms with E-state index in [1.165, 1.54) is 0 Å². The van der Waals surface area contributed by atoms with Crippen molar-refractivity contribution in [2.24, 2.45) is 7.05 Å². The normalized spacial score (nSPS) is 19.8. The van der Waals surface area contributed by atoms with Crippen molar-refractivity contribution in [2.75, 3.05) is 13.2 Å². The Morgan fingerprint density at radius 3 is 2.61 bits per heavy atom. The highest BCUT2D eigenvalue weighted by molar-refractivity contribution is 6.36. The highest BCUT2D eigenvalue weighted by atomic mass is 35.5. The maximum Gasteiger partial charge on any atom is 0.234 e. The van der Waals surface area contributed by atoms with Gasteiger partial charge in [0.2, 0.25) is 17.7 Å². The Bertz CT molecular complexity index is 1340. The molecule has 0 spiro atoms. The van der Waals surface area contributed by atoms with Crippen molar-refractivity contribution < 1.29 is 19.1 Å². The summed E-state index contributed by atoms with van der Waals surface area (Å²) in [6, 6.07) is 9.46. The van der Waals surface area contributed by atoms with Crippen molar-refractivity contribution in [1.29, 1.82) is 0 Å². The summed E-state index contributed by atoms with van der Waals surface area (Å²) >= 11 is 13.1. The minimum Gasteiger partial charge on any atom is -0.381 e. The fourth-order valence-corrected chi connectivity index (χ4v) is 6.00. The van der Waals surface area contributed by atoms with E-state index in [2.05, 4.69) is 15.7 Å². The predicted octanol–water partition coefficient (Wildman–Crippen LogP) is 3.76. The number of hydrogen-bond acceptors (Lipinski definition) is 5. The molecule has 3 amide bonds. The lowest BCUT2D eigenvalue weighted by atomic mass is 9.73. The monoisotopic (exact) mass is 528 g/mol. The highest BCUT2D eigenvalue weighted by Crippen LogP contribution is 2.38. The van der Waals surface area contributed by atoms with Crippen molar-refractivity contribution in [3.05, 3.63) is 63.3 Å². The summed E-state index contributed by atoms with van der Waals surface area (Å²) in [6.45, 7) is 1.22. The number of aryl methyl sites for hydroxylation is 1. The number of nitrogens with one attached hydrogen (secondary N) is 2. The largest absolute Gasteiger partial charge is 0.381 e. The number of nitrogens with zero attached hydrogens (tertiary/aromatic N) is 2. The smallest absolute Gasteiger partial charge is 0.234 e. The number of rotatable bonds is 5. The van der Waals surface area contributed by atoms with Crippen molar-refractivity contribution in [1.82, 2.24) is 20.4 Å². The standard InChI is InChI=1S/C26H26Cl2N4O4/c1-32-21-12-17(3-2-16(21)14-30-32)26(6-8-36-9-7-26)25(35)29-13-15-10-19(27)23(20(28)11-15)18-4-5-22(33)31-24(18)34/h2-3,10-12,14,18H,4-9,13H2,1H3,(H,29,35)(H,31,33,34). The van der Waals surface area contributed by atoms with Crippen LogP contribution in [0.15, 0.2) is 36.5 Å².